The predicted octanol–water partition coefficient (Wildman–Crippen LogP) is 3.80. The molecule has 0 fully saturated rings. The number of benzene rings is 1. The molecule has 1 aromatic heterocycles. The summed E-state index contributed by atoms with van der Waals surface area (Å²) in [6.45, 7) is 1.88. The lowest BCUT2D eigenvalue weighted by atomic mass is 10.2. The van der Waals surface area contributed by atoms with Gasteiger partial charge in [0.25, 0.3) is 5.22 Å². The summed E-state index contributed by atoms with van der Waals surface area (Å²) in [6, 6.07) is 7.32. The summed E-state index contributed by atoms with van der Waals surface area (Å²) in [5.41, 5.74) is 2.39. The van der Waals surface area contributed by atoms with Crippen molar-refractivity contribution < 1.29 is 4.42 Å². The number of rotatable bonds is 3. The number of oxazole rings is 1. The van der Waals surface area contributed by atoms with Gasteiger partial charge in [-0.2, -0.15) is 5.26 Å². The van der Waals surface area contributed by atoms with E-state index in [9.17, 15) is 0 Å². The fourth-order valence-electron chi connectivity index (χ4n) is 1.27. The van der Waals surface area contributed by atoms with Gasteiger partial charge >= 0.3 is 0 Å². The number of nitriles is 1. The largest absolute Gasteiger partial charge is 0.440 e. The van der Waals surface area contributed by atoms with Crippen LogP contribution in [0.2, 0.25) is 5.02 Å². The van der Waals surface area contributed by atoms with Crippen LogP contribution >= 0.6 is 23.4 Å². The average molecular weight is 265 g/mol. The van der Waals surface area contributed by atoms with Crippen LogP contribution in [-0.2, 0) is 5.75 Å². The van der Waals surface area contributed by atoms with Crippen molar-refractivity contribution in [2.45, 2.75) is 17.9 Å². The van der Waals surface area contributed by atoms with Crippen molar-refractivity contribution in [2.75, 3.05) is 0 Å². The van der Waals surface area contributed by atoms with Crippen LogP contribution in [0.15, 0.2) is 34.1 Å². The minimum absolute atomic E-state index is 0.565. The molecule has 0 amide bonds. The highest BCUT2D eigenvalue weighted by Gasteiger charge is 2.06. The molecule has 0 saturated carbocycles. The van der Waals surface area contributed by atoms with Crippen molar-refractivity contribution in [1.29, 1.82) is 5.26 Å². The summed E-state index contributed by atoms with van der Waals surface area (Å²) in [5.74, 6) is 0.671. The smallest absolute Gasteiger partial charge is 0.256 e. The van der Waals surface area contributed by atoms with Crippen LogP contribution in [0.1, 0.15) is 16.8 Å². The van der Waals surface area contributed by atoms with Gasteiger partial charge in [0.1, 0.15) is 6.26 Å². The third kappa shape index (κ3) is 3.02. The summed E-state index contributed by atoms with van der Waals surface area (Å²) >= 11 is 7.54. The van der Waals surface area contributed by atoms with E-state index in [0.29, 0.717) is 21.6 Å². The van der Waals surface area contributed by atoms with E-state index in [4.69, 9.17) is 21.3 Å². The summed E-state index contributed by atoms with van der Waals surface area (Å²) in [5, 5.41) is 9.95. The van der Waals surface area contributed by atoms with Crippen LogP contribution in [0.4, 0.5) is 0 Å². The maximum absolute atomic E-state index is 8.72. The van der Waals surface area contributed by atoms with E-state index in [1.165, 1.54) is 11.8 Å². The second-order valence-electron chi connectivity index (χ2n) is 3.46. The zero-order valence-electron chi connectivity index (χ0n) is 9.11. The van der Waals surface area contributed by atoms with E-state index in [-0.39, 0.29) is 0 Å². The number of halogens is 1. The lowest BCUT2D eigenvalue weighted by Gasteiger charge is -2.02. The van der Waals surface area contributed by atoms with Gasteiger partial charge in [0, 0.05) is 10.8 Å². The molecule has 0 unspecified atom stereocenters. The Kier molecular flexibility index (Phi) is 3.72. The first-order valence-electron chi connectivity index (χ1n) is 4.92. The summed E-state index contributed by atoms with van der Waals surface area (Å²) in [7, 11) is 0. The topological polar surface area (TPSA) is 49.8 Å². The Morgan fingerprint density at radius 3 is 2.94 bits per heavy atom. The highest BCUT2D eigenvalue weighted by atomic mass is 35.5. The number of nitrogens with zero attached hydrogens (tertiary/aromatic N) is 2. The van der Waals surface area contributed by atoms with Crippen LogP contribution in [-0.4, -0.2) is 4.98 Å². The third-order valence-corrected chi connectivity index (χ3v) is 3.37. The fourth-order valence-corrected chi connectivity index (χ4v) is 2.45. The molecule has 1 heterocycles. The number of hydrogen-bond acceptors (Lipinski definition) is 4. The summed E-state index contributed by atoms with van der Waals surface area (Å²) < 4.78 is 5.23. The molecule has 3 nitrogen and oxygen atoms in total. The standard InChI is InChI=1S/C12H9ClN2OS/c1-8-6-16-12(15-8)17-7-10-3-2-9(5-14)4-11(10)13/h2-4,6H,7H2,1H3. The Balaban J connectivity index is 2.07. The quantitative estimate of drug-likeness (QED) is 0.791. The molecule has 5 heteroatoms. The van der Waals surface area contributed by atoms with E-state index in [1.54, 1.807) is 18.4 Å². The monoisotopic (exact) mass is 264 g/mol. The molecule has 0 bridgehead atoms. The lowest BCUT2D eigenvalue weighted by Crippen LogP contribution is -1.84. The Hall–Kier alpha value is -1.44. The van der Waals surface area contributed by atoms with E-state index >= 15 is 0 Å². The molecule has 17 heavy (non-hydrogen) atoms. The molecule has 0 aliphatic rings. The van der Waals surface area contributed by atoms with Gasteiger partial charge in [0.15, 0.2) is 0 Å². The molecule has 0 aliphatic carbocycles. The fraction of sp³-hybridized carbons (Fsp3) is 0.167. The molecule has 0 atom stereocenters. The van der Waals surface area contributed by atoms with Crippen molar-refractivity contribution in [3.05, 3.63) is 46.3 Å². The van der Waals surface area contributed by atoms with Gasteiger partial charge in [-0.15, -0.1) is 0 Å². The first-order valence-corrected chi connectivity index (χ1v) is 6.29. The maximum Gasteiger partial charge on any atom is 0.256 e. The molecule has 0 spiro atoms. The molecule has 0 radical (unpaired) electrons. The van der Waals surface area contributed by atoms with E-state index in [0.717, 1.165) is 11.3 Å². The van der Waals surface area contributed by atoms with Gasteiger partial charge in [-0.3, -0.25) is 0 Å². The second kappa shape index (κ2) is 5.26. The van der Waals surface area contributed by atoms with Crippen molar-refractivity contribution in [3.8, 4) is 6.07 Å². The summed E-state index contributed by atoms with van der Waals surface area (Å²) in [4.78, 5) is 4.19. The van der Waals surface area contributed by atoms with Gasteiger partial charge in [0.2, 0.25) is 0 Å². The van der Waals surface area contributed by atoms with Crippen LogP contribution in [0.3, 0.4) is 0 Å². The molecule has 2 rings (SSSR count). The average Bonchev–Trinajstić information content (AvgIpc) is 2.73. The number of thioether (sulfide) groups is 1. The highest BCUT2D eigenvalue weighted by molar-refractivity contribution is 7.98. The number of hydrogen-bond donors (Lipinski definition) is 0. The van der Waals surface area contributed by atoms with Gasteiger partial charge in [-0.25, -0.2) is 4.98 Å². The molecular weight excluding hydrogens is 256 g/mol. The Labute approximate surface area is 108 Å². The molecule has 0 saturated heterocycles. The number of aromatic nitrogens is 1. The highest BCUT2D eigenvalue weighted by Crippen LogP contribution is 2.26. The molecule has 1 aromatic carbocycles. The minimum atomic E-state index is 0.565. The molecule has 2 aromatic rings. The molecular formula is C12H9ClN2OS. The van der Waals surface area contributed by atoms with Gasteiger partial charge in [0.05, 0.1) is 17.3 Å². The van der Waals surface area contributed by atoms with Gasteiger partial charge in [-0.1, -0.05) is 29.4 Å². The molecule has 0 aliphatic heterocycles. The first-order chi connectivity index (χ1) is 8.19. The first kappa shape index (κ1) is 12.0. The van der Waals surface area contributed by atoms with Gasteiger partial charge in [-0.05, 0) is 24.6 Å². The predicted molar refractivity (Wildman–Crippen MR) is 67.0 cm³/mol. The van der Waals surface area contributed by atoms with Crippen LogP contribution in [0.25, 0.3) is 0 Å². The Morgan fingerprint density at radius 1 is 1.53 bits per heavy atom. The van der Waals surface area contributed by atoms with Crippen molar-refractivity contribution in [3.63, 3.8) is 0 Å². The van der Waals surface area contributed by atoms with Crippen LogP contribution in [0, 0.1) is 18.3 Å². The van der Waals surface area contributed by atoms with Crippen LogP contribution in [0.5, 0.6) is 0 Å². The summed E-state index contributed by atoms with van der Waals surface area (Å²) in [6.07, 6.45) is 1.61. The Bertz CT molecular complexity index is 574. The number of aryl methyl sites for hydroxylation is 1. The third-order valence-electron chi connectivity index (χ3n) is 2.13. The van der Waals surface area contributed by atoms with Gasteiger partial charge < -0.3 is 4.42 Å². The lowest BCUT2D eigenvalue weighted by molar-refractivity contribution is 0.454. The Morgan fingerprint density at radius 2 is 2.35 bits per heavy atom. The van der Waals surface area contributed by atoms with E-state index < -0.39 is 0 Å². The van der Waals surface area contributed by atoms with Crippen LogP contribution < -0.4 is 0 Å². The van der Waals surface area contributed by atoms with Crippen molar-refractivity contribution in [2.24, 2.45) is 0 Å². The molecule has 86 valence electrons. The van der Waals surface area contributed by atoms with Crippen molar-refractivity contribution >= 4 is 23.4 Å². The SMILES string of the molecule is Cc1coc(SCc2ccc(C#N)cc2Cl)n1. The van der Waals surface area contributed by atoms with E-state index in [2.05, 4.69) is 11.1 Å². The maximum atomic E-state index is 8.72. The minimum Gasteiger partial charge on any atom is -0.440 e. The van der Waals surface area contributed by atoms with Crippen molar-refractivity contribution in [1.82, 2.24) is 4.98 Å². The van der Waals surface area contributed by atoms with E-state index in [1.807, 2.05) is 13.0 Å². The zero-order valence-corrected chi connectivity index (χ0v) is 10.7. The normalized spacial score (nSPS) is 10.2. The second-order valence-corrected chi connectivity index (χ2v) is 4.80. The molecule has 0 N–H and O–H groups in total. The zero-order chi connectivity index (χ0) is 12.3.